The molecule has 0 spiro atoms. The number of halogens is 3. The molecule has 0 aromatic heterocycles. The fraction of sp³-hybridized carbons (Fsp3) is 0.294. The molecule has 3 rings (SSSR count). The van der Waals surface area contributed by atoms with Gasteiger partial charge in [-0.3, -0.25) is 0 Å². The molecule has 0 saturated carbocycles. The highest BCUT2D eigenvalue weighted by Crippen LogP contribution is 2.42. The lowest BCUT2D eigenvalue weighted by atomic mass is 9.82. The van der Waals surface area contributed by atoms with Crippen molar-refractivity contribution in [2.45, 2.75) is 21.8 Å². The first-order valence-electron chi connectivity index (χ1n) is 7.09. The standard InChI is InChI=1S/C17H15Cl3O3/c18-17(19,20)15-22-11-14(23-15)16(21,12-7-3-1-4-8-12)13-9-5-2-6-10-13/h1-10,14-15,21H,11H2. The molecule has 122 valence electrons. The van der Waals surface area contributed by atoms with Crippen LogP contribution >= 0.6 is 34.8 Å². The lowest BCUT2D eigenvalue weighted by Gasteiger charge is -2.34. The van der Waals surface area contributed by atoms with Gasteiger partial charge in [-0.2, -0.15) is 0 Å². The van der Waals surface area contributed by atoms with E-state index in [2.05, 4.69) is 0 Å². The minimum atomic E-state index is -1.72. The van der Waals surface area contributed by atoms with E-state index in [0.29, 0.717) is 11.1 Å². The van der Waals surface area contributed by atoms with Crippen LogP contribution in [0.4, 0.5) is 0 Å². The molecule has 23 heavy (non-hydrogen) atoms. The molecule has 1 aliphatic heterocycles. The summed E-state index contributed by atoms with van der Waals surface area (Å²) in [5.74, 6) is 0. The van der Waals surface area contributed by atoms with Crippen LogP contribution in [0.2, 0.25) is 0 Å². The zero-order valence-corrected chi connectivity index (χ0v) is 14.3. The van der Waals surface area contributed by atoms with Gasteiger partial charge < -0.3 is 14.6 Å². The highest BCUT2D eigenvalue weighted by Gasteiger charge is 2.50. The molecule has 2 atom stereocenters. The molecule has 0 aliphatic carbocycles. The zero-order valence-electron chi connectivity index (χ0n) is 12.0. The second-order valence-electron chi connectivity index (χ2n) is 5.33. The highest BCUT2D eigenvalue weighted by molar-refractivity contribution is 6.67. The maximum atomic E-state index is 11.5. The summed E-state index contributed by atoms with van der Waals surface area (Å²) in [6, 6.07) is 18.5. The van der Waals surface area contributed by atoms with Crippen molar-refractivity contribution >= 4 is 34.8 Å². The Hall–Kier alpha value is -0.810. The van der Waals surface area contributed by atoms with Crippen LogP contribution in [0.5, 0.6) is 0 Å². The topological polar surface area (TPSA) is 38.7 Å². The van der Waals surface area contributed by atoms with Gasteiger partial charge in [0.05, 0.1) is 6.61 Å². The van der Waals surface area contributed by atoms with Gasteiger partial charge >= 0.3 is 0 Å². The molecule has 0 radical (unpaired) electrons. The van der Waals surface area contributed by atoms with Crippen LogP contribution in [0.15, 0.2) is 60.7 Å². The number of hydrogen-bond acceptors (Lipinski definition) is 3. The van der Waals surface area contributed by atoms with E-state index in [1.807, 2.05) is 60.7 Å². The Morgan fingerprint density at radius 3 is 1.74 bits per heavy atom. The fourth-order valence-electron chi connectivity index (χ4n) is 2.72. The van der Waals surface area contributed by atoms with Gasteiger partial charge in [-0.25, -0.2) is 0 Å². The Labute approximate surface area is 149 Å². The van der Waals surface area contributed by atoms with E-state index in [4.69, 9.17) is 44.3 Å². The lowest BCUT2D eigenvalue weighted by Crippen LogP contribution is -2.43. The Morgan fingerprint density at radius 2 is 1.35 bits per heavy atom. The third-order valence-corrected chi connectivity index (χ3v) is 4.38. The average molecular weight is 374 g/mol. The maximum Gasteiger partial charge on any atom is 0.240 e. The highest BCUT2D eigenvalue weighted by atomic mass is 35.6. The van der Waals surface area contributed by atoms with Crippen molar-refractivity contribution in [1.29, 1.82) is 0 Å². The molecule has 1 N–H and O–H groups in total. The summed E-state index contributed by atoms with van der Waals surface area (Å²) in [4.78, 5) is 0. The van der Waals surface area contributed by atoms with Crippen molar-refractivity contribution in [2.24, 2.45) is 0 Å². The quantitative estimate of drug-likeness (QED) is 0.826. The predicted molar refractivity (Wildman–Crippen MR) is 90.8 cm³/mol. The first-order valence-corrected chi connectivity index (χ1v) is 8.23. The first-order chi connectivity index (χ1) is 10.9. The van der Waals surface area contributed by atoms with E-state index >= 15 is 0 Å². The number of aliphatic hydroxyl groups is 1. The maximum absolute atomic E-state index is 11.5. The molecular weight excluding hydrogens is 359 g/mol. The Bertz CT molecular complexity index is 604. The molecule has 1 saturated heterocycles. The van der Waals surface area contributed by atoms with Gasteiger partial charge in [-0.15, -0.1) is 0 Å². The summed E-state index contributed by atoms with van der Waals surface area (Å²) in [7, 11) is 0. The molecule has 1 aliphatic rings. The smallest absolute Gasteiger partial charge is 0.240 e. The van der Waals surface area contributed by atoms with Gasteiger partial charge in [0.1, 0.15) is 11.7 Å². The molecule has 0 amide bonds. The van der Waals surface area contributed by atoms with E-state index in [1.54, 1.807) is 0 Å². The van der Waals surface area contributed by atoms with Gasteiger partial charge in [0.15, 0.2) is 0 Å². The summed E-state index contributed by atoms with van der Waals surface area (Å²) >= 11 is 17.5. The van der Waals surface area contributed by atoms with Crippen LogP contribution in [-0.2, 0) is 15.1 Å². The van der Waals surface area contributed by atoms with Crippen molar-refractivity contribution in [3.05, 3.63) is 71.8 Å². The molecular formula is C17H15Cl3O3. The van der Waals surface area contributed by atoms with E-state index in [9.17, 15) is 5.11 Å². The van der Waals surface area contributed by atoms with Crippen LogP contribution in [0, 0.1) is 0 Å². The number of rotatable bonds is 3. The molecule has 0 bridgehead atoms. The van der Waals surface area contributed by atoms with Crippen molar-refractivity contribution in [3.8, 4) is 0 Å². The summed E-state index contributed by atoms with van der Waals surface area (Å²) in [5.41, 5.74) is -0.0396. The zero-order chi connectivity index (χ0) is 16.5. The van der Waals surface area contributed by atoms with Gasteiger partial charge in [-0.1, -0.05) is 95.5 Å². The molecule has 1 heterocycles. The largest absolute Gasteiger partial charge is 0.378 e. The van der Waals surface area contributed by atoms with E-state index in [0.717, 1.165) is 0 Å². The van der Waals surface area contributed by atoms with Crippen molar-refractivity contribution in [2.75, 3.05) is 6.61 Å². The second-order valence-corrected chi connectivity index (χ2v) is 7.70. The number of alkyl halides is 3. The summed E-state index contributed by atoms with van der Waals surface area (Å²) in [6.45, 7) is 0.110. The number of benzene rings is 2. The fourth-order valence-corrected chi connectivity index (χ4v) is 3.06. The van der Waals surface area contributed by atoms with E-state index in [-0.39, 0.29) is 6.61 Å². The SMILES string of the molecule is OC(c1ccccc1)(c1ccccc1)C1COC(C(Cl)(Cl)Cl)O1. The summed E-state index contributed by atoms with van der Waals surface area (Å²) in [5, 5.41) is 11.5. The van der Waals surface area contributed by atoms with Crippen molar-refractivity contribution in [3.63, 3.8) is 0 Å². The van der Waals surface area contributed by atoms with Crippen LogP contribution in [-0.4, -0.2) is 27.9 Å². The summed E-state index contributed by atoms with van der Waals surface area (Å²) in [6.07, 6.45) is -1.73. The van der Waals surface area contributed by atoms with Crippen molar-refractivity contribution in [1.82, 2.24) is 0 Å². The Morgan fingerprint density at radius 1 is 0.870 bits per heavy atom. The van der Waals surface area contributed by atoms with Crippen molar-refractivity contribution < 1.29 is 14.6 Å². The molecule has 3 nitrogen and oxygen atoms in total. The number of hydrogen-bond donors (Lipinski definition) is 1. The third kappa shape index (κ3) is 3.36. The first kappa shape index (κ1) is 17.0. The van der Waals surface area contributed by atoms with Crippen LogP contribution in [0.3, 0.4) is 0 Å². The van der Waals surface area contributed by atoms with Crippen LogP contribution in [0.25, 0.3) is 0 Å². The third-order valence-electron chi connectivity index (χ3n) is 3.85. The van der Waals surface area contributed by atoms with Crippen LogP contribution < -0.4 is 0 Å². The average Bonchev–Trinajstić information content (AvgIpc) is 3.06. The minimum absolute atomic E-state index is 0.110. The molecule has 6 heteroatoms. The predicted octanol–water partition coefficient (Wildman–Crippen LogP) is 4.03. The van der Waals surface area contributed by atoms with Gasteiger partial charge in [0.2, 0.25) is 10.1 Å². The molecule has 2 aromatic rings. The minimum Gasteiger partial charge on any atom is -0.378 e. The number of ether oxygens (including phenoxy) is 2. The monoisotopic (exact) mass is 372 g/mol. The molecule has 2 unspecified atom stereocenters. The van der Waals surface area contributed by atoms with Gasteiger partial charge in [0.25, 0.3) is 0 Å². The Kier molecular flexibility index (Phi) is 4.88. The van der Waals surface area contributed by atoms with Gasteiger partial charge in [-0.05, 0) is 11.1 Å². The second kappa shape index (κ2) is 6.60. The lowest BCUT2D eigenvalue weighted by molar-refractivity contribution is -0.104. The van der Waals surface area contributed by atoms with E-state index < -0.39 is 21.8 Å². The molecule has 2 aromatic carbocycles. The van der Waals surface area contributed by atoms with Crippen LogP contribution in [0.1, 0.15) is 11.1 Å². The summed E-state index contributed by atoms with van der Waals surface area (Å²) < 4.78 is 9.45. The normalized spacial score (nSPS) is 22.3. The van der Waals surface area contributed by atoms with E-state index in [1.165, 1.54) is 0 Å². The molecule has 1 fully saturated rings. The Balaban J connectivity index is 2.01. The van der Waals surface area contributed by atoms with Gasteiger partial charge in [0, 0.05) is 0 Å².